The van der Waals surface area contributed by atoms with Crippen molar-refractivity contribution in [3.05, 3.63) is 41.0 Å². The van der Waals surface area contributed by atoms with Crippen molar-refractivity contribution in [2.45, 2.75) is 13.3 Å². The van der Waals surface area contributed by atoms with Crippen molar-refractivity contribution >= 4 is 16.9 Å². The third-order valence-corrected chi connectivity index (χ3v) is 2.70. The van der Waals surface area contributed by atoms with Crippen molar-refractivity contribution < 1.29 is 28.9 Å². The zero-order valence-corrected chi connectivity index (χ0v) is 11.7. The molecular weight excluding hydrogens is 292 g/mol. The van der Waals surface area contributed by atoms with Crippen LogP contribution in [0.15, 0.2) is 39.7 Å². The van der Waals surface area contributed by atoms with E-state index in [4.69, 9.17) is 19.0 Å². The molecule has 1 heterocycles. The topological polar surface area (TPSA) is 106 Å². The molecule has 1 aromatic heterocycles. The maximum Gasteiger partial charge on any atom is 0.383 e. The standard InChI is InChI=1S/C15H14O7/c1-2-3-7-20-14-13(18)12-9(21-8-11(16)17)5-4-6-10(12)22-15(14)19/h3-7,18H,2,8H2,1H3,(H,16,17). The number of ether oxygens (including phenoxy) is 2. The first-order chi connectivity index (χ1) is 10.5. The molecule has 0 aliphatic carbocycles. The van der Waals surface area contributed by atoms with Gasteiger partial charge in [-0.05, 0) is 24.6 Å². The van der Waals surface area contributed by atoms with Crippen molar-refractivity contribution in [3.8, 4) is 17.2 Å². The van der Waals surface area contributed by atoms with Gasteiger partial charge in [-0.3, -0.25) is 0 Å². The fourth-order valence-electron chi connectivity index (χ4n) is 1.76. The highest BCUT2D eigenvalue weighted by atomic mass is 16.5. The van der Waals surface area contributed by atoms with Gasteiger partial charge in [-0.25, -0.2) is 9.59 Å². The number of aliphatic carboxylic acids is 1. The van der Waals surface area contributed by atoms with Crippen molar-refractivity contribution in [1.82, 2.24) is 0 Å². The summed E-state index contributed by atoms with van der Waals surface area (Å²) in [6.07, 6.45) is 3.60. The van der Waals surface area contributed by atoms with E-state index in [1.807, 2.05) is 6.92 Å². The second-order valence-electron chi connectivity index (χ2n) is 4.28. The molecule has 2 aromatic rings. The zero-order chi connectivity index (χ0) is 16.1. The Morgan fingerprint density at radius 3 is 2.86 bits per heavy atom. The molecule has 7 heteroatoms. The quantitative estimate of drug-likeness (QED) is 0.622. The first-order valence-corrected chi connectivity index (χ1v) is 6.49. The highest BCUT2D eigenvalue weighted by molar-refractivity contribution is 5.91. The number of hydrogen-bond acceptors (Lipinski definition) is 6. The van der Waals surface area contributed by atoms with Crippen molar-refractivity contribution in [2.75, 3.05) is 6.61 Å². The van der Waals surface area contributed by atoms with Gasteiger partial charge >= 0.3 is 11.6 Å². The minimum atomic E-state index is -1.17. The molecule has 22 heavy (non-hydrogen) atoms. The molecule has 0 radical (unpaired) electrons. The van der Waals surface area contributed by atoms with E-state index in [1.165, 1.54) is 24.5 Å². The summed E-state index contributed by atoms with van der Waals surface area (Å²) in [4.78, 5) is 22.4. The van der Waals surface area contributed by atoms with Gasteiger partial charge in [-0.2, -0.15) is 0 Å². The molecule has 0 atom stereocenters. The Bertz CT molecular complexity index is 773. The number of rotatable bonds is 6. The minimum Gasteiger partial charge on any atom is -0.503 e. The van der Waals surface area contributed by atoms with E-state index in [0.29, 0.717) is 6.42 Å². The second kappa shape index (κ2) is 6.66. The molecule has 116 valence electrons. The Morgan fingerprint density at radius 1 is 1.41 bits per heavy atom. The number of hydrogen-bond donors (Lipinski definition) is 2. The van der Waals surface area contributed by atoms with Gasteiger partial charge in [-0.1, -0.05) is 13.0 Å². The first kappa shape index (κ1) is 15.4. The summed E-state index contributed by atoms with van der Waals surface area (Å²) in [6.45, 7) is 1.28. The van der Waals surface area contributed by atoms with E-state index in [0.717, 1.165) is 0 Å². The number of carboxylic acid groups (broad SMARTS) is 1. The number of carbonyl (C=O) groups is 1. The van der Waals surface area contributed by atoms with Gasteiger partial charge in [0.15, 0.2) is 12.4 Å². The number of benzene rings is 1. The molecule has 0 saturated carbocycles. The van der Waals surface area contributed by atoms with Gasteiger partial charge < -0.3 is 24.1 Å². The summed E-state index contributed by atoms with van der Waals surface area (Å²) < 4.78 is 15.2. The lowest BCUT2D eigenvalue weighted by atomic mass is 10.2. The van der Waals surface area contributed by atoms with E-state index in [-0.39, 0.29) is 22.5 Å². The van der Waals surface area contributed by atoms with Crippen molar-refractivity contribution in [2.24, 2.45) is 0 Å². The summed E-state index contributed by atoms with van der Waals surface area (Å²) in [7, 11) is 0. The zero-order valence-electron chi connectivity index (χ0n) is 11.7. The Hall–Kier alpha value is -2.96. The van der Waals surface area contributed by atoms with Crippen LogP contribution in [0.2, 0.25) is 0 Å². The average molecular weight is 306 g/mol. The fourth-order valence-corrected chi connectivity index (χ4v) is 1.76. The first-order valence-electron chi connectivity index (χ1n) is 6.49. The molecule has 0 spiro atoms. The van der Waals surface area contributed by atoms with Crippen LogP contribution in [0.3, 0.4) is 0 Å². The maximum atomic E-state index is 11.8. The van der Waals surface area contributed by atoms with Crippen LogP contribution in [0, 0.1) is 0 Å². The Morgan fingerprint density at radius 2 is 2.18 bits per heavy atom. The van der Waals surface area contributed by atoms with Gasteiger partial charge in [0.05, 0.1) is 6.26 Å². The highest BCUT2D eigenvalue weighted by Gasteiger charge is 2.18. The SMILES string of the molecule is CCC=COc1c(O)c2c(OCC(=O)O)cccc2oc1=O. The van der Waals surface area contributed by atoms with Crippen molar-refractivity contribution in [3.63, 3.8) is 0 Å². The Kier molecular flexibility index (Phi) is 4.67. The van der Waals surface area contributed by atoms with Gasteiger partial charge in [-0.15, -0.1) is 0 Å². The van der Waals surface area contributed by atoms with Crippen LogP contribution < -0.4 is 15.1 Å². The maximum absolute atomic E-state index is 11.8. The molecule has 0 unspecified atom stereocenters. The predicted octanol–water partition coefficient (Wildman–Crippen LogP) is 2.26. The number of fused-ring (bicyclic) bond motifs is 1. The van der Waals surface area contributed by atoms with Crippen LogP contribution in [0.5, 0.6) is 17.2 Å². The van der Waals surface area contributed by atoms with Gasteiger partial charge in [0.2, 0.25) is 0 Å². The minimum absolute atomic E-state index is 0.0669. The lowest BCUT2D eigenvalue weighted by molar-refractivity contribution is -0.139. The smallest absolute Gasteiger partial charge is 0.383 e. The van der Waals surface area contributed by atoms with Crippen LogP contribution in [0.25, 0.3) is 11.0 Å². The lowest BCUT2D eigenvalue weighted by Gasteiger charge is -2.10. The number of aromatic hydroxyl groups is 1. The number of carboxylic acids is 1. The summed E-state index contributed by atoms with van der Waals surface area (Å²) in [6, 6.07) is 4.42. The summed E-state index contributed by atoms with van der Waals surface area (Å²) in [5.41, 5.74) is -0.779. The molecule has 0 aliphatic rings. The Labute approximate surface area is 125 Å². The Balaban J connectivity index is 2.54. The van der Waals surface area contributed by atoms with Crippen LogP contribution >= 0.6 is 0 Å². The third kappa shape index (κ3) is 3.20. The van der Waals surface area contributed by atoms with E-state index in [2.05, 4.69) is 0 Å². The van der Waals surface area contributed by atoms with Gasteiger partial charge in [0.25, 0.3) is 5.75 Å². The average Bonchev–Trinajstić information content (AvgIpc) is 2.48. The molecule has 0 bridgehead atoms. The molecule has 0 amide bonds. The molecule has 0 saturated heterocycles. The summed E-state index contributed by atoms with van der Waals surface area (Å²) in [5, 5.41) is 19.0. The van der Waals surface area contributed by atoms with E-state index < -0.39 is 24.0 Å². The fraction of sp³-hybridized carbons (Fsp3) is 0.200. The summed E-state index contributed by atoms with van der Waals surface area (Å²) in [5.74, 6) is -1.95. The predicted molar refractivity (Wildman–Crippen MR) is 77.3 cm³/mol. The lowest BCUT2D eigenvalue weighted by Crippen LogP contribution is -2.10. The second-order valence-corrected chi connectivity index (χ2v) is 4.28. The highest BCUT2D eigenvalue weighted by Crippen LogP contribution is 2.37. The normalized spacial score (nSPS) is 11.0. The van der Waals surface area contributed by atoms with Crippen LogP contribution in [-0.2, 0) is 4.79 Å². The molecule has 0 fully saturated rings. The molecular formula is C15H14O7. The van der Waals surface area contributed by atoms with E-state index >= 15 is 0 Å². The largest absolute Gasteiger partial charge is 0.503 e. The molecule has 2 N–H and O–H groups in total. The number of allylic oxidation sites excluding steroid dienone is 1. The van der Waals surface area contributed by atoms with Crippen LogP contribution in [-0.4, -0.2) is 22.8 Å². The molecule has 0 aliphatic heterocycles. The summed E-state index contributed by atoms with van der Waals surface area (Å²) >= 11 is 0. The van der Waals surface area contributed by atoms with Gasteiger partial charge in [0, 0.05) is 0 Å². The van der Waals surface area contributed by atoms with Gasteiger partial charge in [0.1, 0.15) is 16.7 Å². The van der Waals surface area contributed by atoms with Crippen LogP contribution in [0.4, 0.5) is 0 Å². The van der Waals surface area contributed by atoms with E-state index in [9.17, 15) is 14.7 Å². The molecule has 2 rings (SSSR count). The third-order valence-electron chi connectivity index (χ3n) is 2.70. The van der Waals surface area contributed by atoms with E-state index in [1.54, 1.807) is 6.08 Å². The molecule has 7 nitrogen and oxygen atoms in total. The van der Waals surface area contributed by atoms with Crippen LogP contribution in [0.1, 0.15) is 13.3 Å². The monoisotopic (exact) mass is 306 g/mol. The molecule has 1 aromatic carbocycles. The van der Waals surface area contributed by atoms with Crippen molar-refractivity contribution in [1.29, 1.82) is 0 Å².